The van der Waals surface area contributed by atoms with Crippen LogP contribution < -0.4 is 5.73 Å². The summed E-state index contributed by atoms with van der Waals surface area (Å²) in [5.41, 5.74) is 5.56. The van der Waals surface area contributed by atoms with Crippen molar-refractivity contribution in [1.29, 1.82) is 0 Å². The molecule has 0 saturated heterocycles. The highest BCUT2D eigenvalue weighted by molar-refractivity contribution is 7.85. The molecular weight excluding hydrogens is 577 g/mol. The Kier molecular flexibility index (Phi) is 10.5. The molecule has 20 heteroatoms. The molecule has 3 N–H and O–H groups in total. The number of nitrogens with two attached hydrogens (primary N) is 1. The molecule has 37 heavy (non-hydrogen) atoms. The van der Waals surface area contributed by atoms with E-state index in [4.69, 9.17) is 4.55 Å². The van der Waals surface area contributed by atoms with E-state index < -0.39 is 71.4 Å². The van der Waals surface area contributed by atoms with Crippen LogP contribution in [0.2, 0.25) is 0 Å². The SMILES string of the molecule is Cc1ccc(S(=O)(=O)O)cc1.NCC(=O)OCCC(F)(F)C(F)(F)C(F)(F)C(F)(F)C(F)(F)C(F)(F)F. The molecular formula is C17H16F13NO5S. The third kappa shape index (κ3) is 7.37. The van der Waals surface area contributed by atoms with Crippen molar-refractivity contribution < 1.29 is 79.6 Å². The maximum Gasteiger partial charge on any atom is 0.460 e. The fraction of sp³-hybridized carbons (Fsp3) is 0.588. The van der Waals surface area contributed by atoms with E-state index in [9.17, 15) is 70.3 Å². The van der Waals surface area contributed by atoms with Crippen molar-refractivity contribution in [3.8, 4) is 0 Å². The van der Waals surface area contributed by atoms with Crippen LogP contribution in [0, 0.1) is 6.92 Å². The highest BCUT2D eigenvalue weighted by Gasteiger charge is 2.90. The summed E-state index contributed by atoms with van der Waals surface area (Å²) in [6, 6.07) is 5.99. The lowest BCUT2D eigenvalue weighted by molar-refractivity contribution is -0.440. The Hall–Kier alpha value is -2.35. The largest absolute Gasteiger partial charge is 0.465 e. The number of aryl methyl sites for hydroxylation is 1. The van der Waals surface area contributed by atoms with E-state index in [1.165, 1.54) is 12.1 Å². The summed E-state index contributed by atoms with van der Waals surface area (Å²) in [6.07, 6.45) is -10.1. The third-order valence-electron chi connectivity index (χ3n) is 4.16. The molecule has 1 rings (SSSR count). The summed E-state index contributed by atoms with van der Waals surface area (Å²) in [4.78, 5) is 10.4. The normalized spacial score (nSPS) is 14.1. The van der Waals surface area contributed by atoms with Crippen LogP contribution in [-0.2, 0) is 19.6 Å². The number of rotatable bonds is 9. The zero-order valence-electron chi connectivity index (χ0n) is 17.9. The Bertz CT molecular complexity index is 1030. The number of hydrogen-bond acceptors (Lipinski definition) is 5. The first-order valence-electron chi connectivity index (χ1n) is 9.06. The quantitative estimate of drug-likeness (QED) is 0.241. The van der Waals surface area contributed by atoms with E-state index in [0.29, 0.717) is 0 Å². The lowest BCUT2D eigenvalue weighted by atomic mass is 9.93. The van der Waals surface area contributed by atoms with Crippen LogP contribution in [0.5, 0.6) is 0 Å². The molecule has 0 radical (unpaired) electrons. The maximum atomic E-state index is 13.2. The summed E-state index contributed by atoms with van der Waals surface area (Å²) >= 11 is 0. The van der Waals surface area contributed by atoms with E-state index >= 15 is 0 Å². The van der Waals surface area contributed by atoms with Crippen molar-refractivity contribution in [3.63, 3.8) is 0 Å². The number of carbonyl (C=O) groups is 1. The van der Waals surface area contributed by atoms with Gasteiger partial charge in [0.05, 0.1) is 24.5 Å². The van der Waals surface area contributed by atoms with Crippen molar-refractivity contribution >= 4 is 16.1 Å². The van der Waals surface area contributed by atoms with Gasteiger partial charge in [-0.15, -0.1) is 0 Å². The number of ether oxygens (including phenoxy) is 1. The summed E-state index contributed by atoms with van der Waals surface area (Å²) in [6.45, 7) is -0.933. The van der Waals surface area contributed by atoms with Crippen LogP contribution in [0.1, 0.15) is 12.0 Å². The molecule has 0 saturated carbocycles. The number of carbonyl (C=O) groups excluding carboxylic acids is 1. The number of alkyl halides is 13. The molecule has 0 aliphatic heterocycles. The van der Waals surface area contributed by atoms with E-state index in [-0.39, 0.29) is 4.90 Å². The second kappa shape index (κ2) is 11.2. The van der Waals surface area contributed by atoms with Crippen LogP contribution in [0.3, 0.4) is 0 Å². The van der Waals surface area contributed by atoms with Gasteiger partial charge in [-0.2, -0.15) is 65.5 Å². The first-order valence-corrected chi connectivity index (χ1v) is 10.5. The Morgan fingerprint density at radius 2 is 1.22 bits per heavy atom. The van der Waals surface area contributed by atoms with Gasteiger partial charge in [0.1, 0.15) is 0 Å². The number of halogens is 13. The van der Waals surface area contributed by atoms with Gasteiger partial charge < -0.3 is 10.5 Å². The van der Waals surface area contributed by atoms with Crippen molar-refractivity contribution in [1.82, 2.24) is 0 Å². The van der Waals surface area contributed by atoms with Crippen LogP contribution in [0.25, 0.3) is 0 Å². The smallest absolute Gasteiger partial charge is 0.460 e. The molecule has 1 aromatic carbocycles. The summed E-state index contributed by atoms with van der Waals surface area (Å²) in [5.74, 6) is -38.7. The molecule has 0 aromatic heterocycles. The molecule has 0 spiro atoms. The molecule has 0 amide bonds. The van der Waals surface area contributed by atoms with Gasteiger partial charge in [-0.3, -0.25) is 9.35 Å². The topological polar surface area (TPSA) is 107 Å². The second-order valence-corrected chi connectivity index (χ2v) is 8.38. The fourth-order valence-corrected chi connectivity index (χ4v) is 2.50. The number of benzene rings is 1. The zero-order chi connectivity index (χ0) is 29.9. The lowest BCUT2D eigenvalue weighted by Gasteiger charge is -2.39. The molecule has 0 heterocycles. The molecule has 0 bridgehead atoms. The van der Waals surface area contributed by atoms with Crippen LogP contribution in [0.15, 0.2) is 29.2 Å². The number of esters is 1. The van der Waals surface area contributed by atoms with Crippen LogP contribution in [-0.4, -0.2) is 67.9 Å². The second-order valence-electron chi connectivity index (χ2n) is 6.96. The summed E-state index contributed by atoms with van der Waals surface area (Å²) in [7, 11) is -4.02. The Balaban J connectivity index is 0.000000970. The minimum Gasteiger partial charge on any atom is -0.465 e. The summed E-state index contributed by atoms with van der Waals surface area (Å²) < 4.78 is 198. The average Bonchev–Trinajstić information content (AvgIpc) is 2.72. The third-order valence-corrected chi connectivity index (χ3v) is 5.03. The van der Waals surface area contributed by atoms with Crippen molar-refractivity contribution in [2.45, 2.75) is 54.0 Å². The first kappa shape index (κ1) is 34.6. The highest BCUT2D eigenvalue weighted by atomic mass is 32.2. The average molecular weight is 593 g/mol. The minimum atomic E-state index is -7.95. The van der Waals surface area contributed by atoms with Gasteiger partial charge in [-0.25, -0.2) is 0 Å². The molecule has 0 aliphatic rings. The van der Waals surface area contributed by atoms with Gasteiger partial charge in [-0.05, 0) is 19.1 Å². The van der Waals surface area contributed by atoms with Gasteiger partial charge in [0.25, 0.3) is 10.1 Å². The van der Waals surface area contributed by atoms with E-state index in [1.54, 1.807) is 12.1 Å². The lowest BCUT2D eigenvalue weighted by Crippen LogP contribution is -2.70. The van der Waals surface area contributed by atoms with Gasteiger partial charge in [0.15, 0.2) is 0 Å². The van der Waals surface area contributed by atoms with Gasteiger partial charge >= 0.3 is 41.8 Å². The molecule has 0 aliphatic carbocycles. The molecule has 1 aromatic rings. The van der Waals surface area contributed by atoms with Crippen LogP contribution >= 0.6 is 0 Å². The predicted molar refractivity (Wildman–Crippen MR) is 96.4 cm³/mol. The van der Waals surface area contributed by atoms with Gasteiger partial charge in [-0.1, -0.05) is 17.7 Å². The maximum absolute atomic E-state index is 13.2. The van der Waals surface area contributed by atoms with Crippen molar-refractivity contribution in [2.75, 3.05) is 13.2 Å². The van der Waals surface area contributed by atoms with E-state index in [1.807, 2.05) is 6.92 Å². The van der Waals surface area contributed by atoms with E-state index in [2.05, 4.69) is 10.5 Å². The Morgan fingerprint density at radius 1 is 0.811 bits per heavy atom. The minimum absolute atomic E-state index is 0.0666. The predicted octanol–water partition coefficient (Wildman–Crippen LogP) is 4.86. The Morgan fingerprint density at radius 3 is 1.57 bits per heavy atom. The van der Waals surface area contributed by atoms with Gasteiger partial charge in [0, 0.05) is 0 Å². The molecule has 0 unspecified atom stereocenters. The van der Waals surface area contributed by atoms with Gasteiger partial charge in [0.2, 0.25) is 0 Å². The molecule has 0 fully saturated rings. The van der Waals surface area contributed by atoms with E-state index in [0.717, 1.165) is 5.56 Å². The highest BCUT2D eigenvalue weighted by Crippen LogP contribution is 2.60. The first-order chi connectivity index (χ1) is 16.2. The monoisotopic (exact) mass is 593 g/mol. The molecule has 0 atom stereocenters. The number of hydrogen-bond donors (Lipinski definition) is 2. The molecule has 6 nitrogen and oxygen atoms in total. The van der Waals surface area contributed by atoms with Crippen LogP contribution in [0.4, 0.5) is 57.1 Å². The summed E-state index contributed by atoms with van der Waals surface area (Å²) in [5, 5.41) is 0. The van der Waals surface area contributed by atoms with Crippen molar-refractivity contribution in [2.24, 2.45) is 5.73 Å². The van der Waals surface area contributed by atoms with Crippen molar-refractivity contribution in [3.05, 3.63) is 29.8 Å². The zero-order valence-corrected chi connectivity index (χ0v) is 18.7. The standard InChI is InChI=1S/C10H8F13NO2.C7H8O3S/c11-5(12,1-2-26-4(25)3-24)6(13,14)7(15,16)8(17,18)9(19,20)10(21,22)23;1-6-2-4-7(5-3-6)11(8,9)10/h1-3,24H2;2-5H,1H3,(H,8,9,10). The fourth-order valence-electron chi connectivity index (χ4n) is 2.02. The molecule has 216 valence electrons. The Labute approximate surface area is 199 Å².